The number of anilines is 1. The van der Waals surface area contributed by atoms with E-state index in [1.54, 1.807) is 11.0 Å². The Morgan fingerprint density at radius 1 is 1.00 bits per heavy atom. The topological polar surface area (TPSA) is 105 Å². The Kier molecular flexibility index (Phi) is 10.4. The third kappa shape index (κ3) is 6.68. The molecule has 0 aliphatic rings. The molecular weight excluding hydrogens is 340 g/mol. The van der Waals surface area contributed by atoms with E-state index in [9.17, 15) is 20.3 Å². The lowest BCUT2D eigenvalue weighted by atomic mass is 10.2. The molecule has 0 radical (unpaired) electrons. The zero-order valence-electron chi connectivity index (χ0n) is 15.6. The van der Waals surface area contributed by atoms with Crippen LogP contribution in [0.3, 0.4) is 0 Å². The molecule has 26 heavy (non-hydrogen) atoms. The van der Waals surface area contributed by atoms with Gasteiger partial charge >= 0.3 is 5.69 Å². The molecule has 0 saturated heterocycles. The van der Waals surface area contributed by atoms with Gasteiger partial charge in [-0.1, -0.05) is 26.7 Å². The highest BCUT2D eigenvalue weighted by Crippen LogP contribution is 2.40. The highest BCUT2D eigenvalue weighted by atomic mass is 16.6. The monoisotopic (exact) mass is 370 g/mol. The van der Waals surface area contributed by atoms with Crippen LogP contribution in [0.2, 0.25) is 0 Å². The number of aliphatic hydroxyl groups is 2. The Bertz CT molecular complexity index is 547. The first-order valence-electron chi connectivity index (χ1n) is 9.13. The van der Waals surface area contributed by atoms with Crippen molar-refractivity contribution in [1.29, 1.82) is 0 Å². The third-order valence-electron chi connectivity index (χ3n) is 3.83. The van der Waals surface area contributed by atoms with Crippen molar-refractivity contribution in [3.05, 3.63) is 22.2 Å². The molecule has 0 heterocycles. The maximum Gasteiger partial charge on any atom is 0.314 e. The van der Waals surface area contributed by atoms with Gasteiger partial charge in [0.15, 0.2) is 5.75 Å². The predicted octanol–water partition coefficient (Wildman–Crippen LogP) is 2.74. The smallest absolute Gasteiger partial charge is 0.314 e. The summed E-state index contributed by atoms with van der Waals surface area (Å²) < 4.78 is 11.4. The van der Waals surface area contributed by atoms with E-state index in [0.717, 1.165) is 25.7 Å². The molecule has 0 atom stereocenters. The van der Waals surface area contributed by atoms with Crippen LogP contribution in [0.5, 0.6) is 11.5 Å². The van der Waals surface area contributed by atoms with Crippen LogP contribution in [0.1, 0.15) is 39.5 Å². The van der Waals surface area contributed by atoms with Crippen molar-refractivity contribution >= 4 is 11.4 Å². The number of hydrogen-bond donors (Lipinski definition) is 2. The molecule has 8 nitrogen and oxygen atoms in total. The largest absolute Gasteiger partial charge is 0.491 e. The molecule has 1 aromatic rings. The number of benzene rings is 1. The van der Waals surface area contributed by atoms with Crippen molar-refractivity contribution in [3.63, 3.8) is 0 Å². The number of ether oxygens (including phenoxy) is 2. The fraction of sp³-hybridized carbons (Fsp3) is 0.667. The van der Waals surface area contributed by atoms with E-state index in [-0.39, 0.29) is 37.7 Å². The number of nitrogens with zero attached hydrogens (tertiary/aromatic N) is 2. The molecule has 0 spiro atoms. The molecule has 0 aliphatic heterocycles. The number of nitro benzene ring substituents is 1. The van der Waals surface area contributed by atoms with Gasteiger partial charge in [0.25, 0.3) is 0 Å². The number of unbranched alkanes of at least 4 members (excludes halogenated alkanes) is 2. The van der Waals surface area contributed by atoms with Gasteiger partial charge in [-0.25, -0.2) is 0 Å². The Labute approximate surface area is 154 Å². The lowest BCUT2D eigenvalue weighted by molar-refractivity contribution is -0.385. The fourth-order valence-corrected chi connectivity index (χ4v) is 2.41. The minimum atomic E-state index is -0.486. The molecule has 0 unspecified atom stereocenters. The highest BCUT2D eigenvalue weighted by Gasteiger charge is 2.23. The Morgan fingerprint density at radius 2 is 1.54 bits per heavy atom. The minimum absolute atomic E-state index is 0.114. The first-order valence-corrected chi connectivity index (χ1v) is 9.13. The van der Waals surface area contributed by atoms with Crippen LogP contribution in [0.15, 0.2) is 12.1 Å². The van der Waals surface area contributed by atoms with Crippen molar-refractivity contribution in [3.8, 4) is 11.5 Å². The van der Waals surface area contributed by atoms with E-state index in [0.29, 0.717) is 24.7 Å². The van der Waals surface area contributed by atoms with Crippen LogP contribution < -0.4 is 14.4 Å². The normalized spacial score (nSPS) is 10.6. The van der Waals surface area contributed by atoms with Crippen LogP contribution in [-0.4, -0.2) is 54.7 Å². The molecular formula is C18H30N2O6. The summed E-state index contributed by atoms with van der Waals surface area (Å²) in [7, 11) is 0. The third-order valence-corrected chi connectivity index (χ3v) is 3.83. The molecule has 8 heteroatoms. The molecule has 2 N–H and O–H groups in total. The van der Waals surface area contributed by atoms with Crippen molar-refractivity contribution in [1.82, 2.24) is 0 Å². The molecule has 0 bridgehead atoms. The fourth-order valence-electron chi connectivity index (χ4n) is 2.41. The molecule has 0 amide bonds. The van der Waals surface area contributed by atoms with Gasteiger partial charge in [-0.2, -0.15) is 0 Å². The van der Waals surface area contributed by atoms with E-state index in [1.165, 1.54) is 6.07 Å². The van der Waals surface area contributed by atoms with E-state index in [4.69, 9.17) is 9.47 Å². The van der Waals surface area contributed by atoms with E-state index < -0.39 is 4.92 Å². The second-order valence-electron chi connectivity index (χ2n) is 5.88. The maximum absolute atomic E-state index is 11.4. The number of rotatable bonds is 14. The van der Waals surface area contributed by atoms with E-state index >= 15 is 0 Å². The number of nitro groups is 1. The number of hydrogen-bond acceptors (Lipinski definition) is 7. The van der Waals surface area contributed by atoms with E-state index in [2.05, 4.69) is 0 Å². The van der Waals surface area contributed by atoms with Crippen LogP contribution in [0.25, 0.3) is 0 Å². The van der Waals surface area contributed by atoms with Gasteiger partial charge in [0, 0.05) is 19.2 Å². The first kappa shape index (κ1) is 22.0. The predicted molar refractivity (Wildman–Crippen MR) is 100 cm³/mol. The second-order valence-corrected chi connectivity index (χ2v) is 5.88. The Hall–Kier alpha value is -2.06. The van der Waals surface area contributed by atoms with Crippen LogP contribution in [0, 0.1) is 10.1 Å². The SMILES string of the molecule is CCCCOc1cc([N+](=O)[O-])c(OCCCC)cc1N(CCO)CCO. The van der Waals surface area contributed by atoms with Crippen molar-refractivity contribution in [2.24, 2.45) is 0 Å². The molecule has 1 rings (SSSR count). The molecule has 0 saturated carbocycles. The molecule has 1 aromatic carbocycles. The Balaban J connectivity index is 3.28. The van der Waals surface area contributed by atoms with Gasteiger partial charge in [0.1, 0.15) is 5.75 Å². The Morgan fingerprint density at radius 3 is 2.00 bits per heavy atom. The summed E-state index contributed by atoms with van der Waals surface area (Å²) in [6.07, 6.45) is 3.47. The van der Waals surface area contributed by atoms with Gasteiger partial charge < -0.3 is 24.6 Å². The van der Waals surface area contributed by atoms with E-state index in [1.807, 2.05) is 13.8 Å². The zero-order valence-corrected chi connectivity index (χ0v) is 15.6. The summed E-state index contributed by atoms with van der Waals surface area (Å²) in [4.78, 5) is 12.7. The summed E-state index contributed by atoms with van der Waals surface area (Å²) in [5.41, 5.74) is 0.422. The van der Waals surface area contributed by atoms with Crippen molar-refractivity contribution in [2.45, 2.75) is 39.5 Å². The van der Waals surface area contributed by atoms with Crippen molar-refractivity contribution in [2.75, 3.05) is 44.4 Å². The van der Waals surface area contributed by atoms with Gasteiger partial charge in [-0.05, 0) is 12.8 Å². The van der Waals surface area contributed by atoms with Gasteiger partial charge in [-0.15, -0.1) is 0 Å². The summed E-state index contributed by atoms with van der Waals surface area (Å²) in [5, 5.41) is 30.1. The highest BCUT2D eigenvalue weighted by molar-refractivity contribution is 5.68. The summed E-state index contributed by atoms with van der Waals surface area (Å²) in [6, 6.07) is 2.94. The molecule has 0 aliphatic carbocycles. The molecule has 148 valence electrons. The van der Waals surface area contributed by atoms with Gasteiger partial charge in [-0.3, -0.25) is 10.1 Å². The summed E-state index contributed by atoms with van der Waals surface area (Å²) >= 11 is 0. The molecule has 0 fully saturated rings. The zero-order chi connectivity index (χ0) is 19.4. The molecule has 0 aromatic heterocycles. The lowest BCUT2D eigenvalue weighted by Crippen LogP contribution is -2.30. The first-order chi connectivity index (χ1) is 12.6. The van der Waals surface area contributed by atoms with Crippen LogP contribution >= 0.6 is 0 Å². The van der Waals surface area contributed by atoms with Crippen LogP contribution in [0.4, 0.5) is 11.4 Å². The average Bonchev–Trinajstić information content (AvgIpc) is 2.62. The van der Waals surface area contributed by atoms with Gasteiger partial charge in [0.2, 0.25) is 0 Å². The standard InChI is InChI=1S/C18H30N2O6/c1-3-5-11-25-17-14-16(20(23)24)18(26-12-6-4-2)13-15(17)19(7-9-21)8-10-22/h13-14,21-22H,3-12H2,1-2H3. The summed E-state index contributed by atoms with van der Waals surface area (Å²) in [6.45, 7) is 5.18. The minimum Gasteiger partial charge on any atom is -0.491 e. The second kappa shape index (κ2) is 12.3. The average molecular weight is 370 g/mol. The van der Waals surface area contributed by atoms with Crippen LogP contribution in [-0.2, 0) is 0 Å². The quantitative estimate of drug-likeness (QED) is 0.295. The lowest BCUT2D eigenvalue weighted by Gasteiger charge is -2.26. The number of aliphatic hydroxyl groups excluding tert-OH is 2. The van der Waals surface area contributed by atoms with Gasteiger partial charge in [0.05, 0.1) is 43.1 Å². The maximum atomic E-state index is 11.4. The van der Waals surface area contributed by atoms with Crippen molar-refractivity contribution < 1.29 is 24.6 Å². The summed E-state index contributed by atoms with van der Waals surface area (Å²) in [5.74, 6) is 0.525.